The van der Waals surface area contributed by atoms with Crippen molar-refractivity contribution in [3.8, 4) is 5.69 Å². The number of morpholine rings is 1. The SMILES string of the molecule is O=C(c1ccc2c(c1)CCCN2C(=O)c1cccc(-n2cccc2)c1)N1CCOCC1. The molecule has 3 heterocycles. The molecule has 1 aromatic heterocycles. The second-order valence-corrected chi connectivity index (χ2v) is 7.95. The maximum atomic E-state index is 13.4. The summed E-state index contributed by atoms with van der Waals surface area (Å²) in [5, 5.41) is 0. The molecular weight excluding hydrogens is 390 g/mol. The molecule has 6 heteroatoms. The smallest absolute Gasteiger partial charge is 0.258 e. The Balaban J connectivity index is 1.41. The Morgan fingerprint density at radius 1 is 0.806 bits per heavy atom. The monoisotopic (exact) mass is 415 g/mol. The van der Waals surface area contributed by atoms with Crippen LogP contribution >= 0.6 is 0 Å². The van der Waals surface area contributed by atoms with Crippen LogP contribution in [0.1, 0.15) is 32.7 Å². The van der Waals surface area contributed by atoms with Gasteiger partial charge in [0.05, 0.1) is 13.2 Å². The van der Waals surface area contributed by atoms with Crippen LogP contribution in [0.25, 0.3) is 5.69 Å². The number of amides is 2. The van der Waals surface area contributed by atoms with Gasteiger partial charge in [0.2, 0.25) is 0 Å². The predicted molar refractivity (Wildman–Crippen MR) is 119 cm³/mol. The molecule has 0 spiro atoms. The predicted octanol–water partition coefficient (Wildman–Crippen LogP) is 3.54. The summed E-state index contributed by atoms with van der Waals surface area (Å²) in [6, 6.07) is 17.3. The van der Waals surface area contributed by atoms with Crippen molar-refractivity contribution in [2.75, 3.05) is 37.7 Å². The minimum Gasteiger partial charge on any atom is -0.378 e. The van der Waals surface area contributed by atoms with E-state index in [2.05, 4.69) is 0 Å². The summed E-state index contributed by atoms with van der Waals surface area (Å²) in [5.41, 5.74) is 4.26. The van der Waals surface area contributed by atoms with Gasteiger partial charge in [0.15, 0.2) is 0 Å². The third kappa shape index (κ3) is 3.86. The molecule has 2 amide bonds. The molecule has 0 aliphatic carbocycles. The lowest BCUT2D eigenvalue weighted by Gasteiger charge is -2.31. The van der Waals surface area contributed by atoms with Crippen LogP contribution in [0.5, 0.6) is 0 Å². The molecule has 2 aliphatic heterocycles. The number of nitrogens with zero attached hydrogens (tertiary/aromatic N) is 3. The number of ether oxygens (including phenoxy) is 1. The summed E-state index contributed by atoms with van der Waals surface area (Å²) in [4.78, 5) is 29.9. The standard InChI is InChI=1S/C25H25N3O3/c29-24(27-13-15-31-16-14-27)21-8-9-23-19(17-21)6-4-12-28(23)25(30)20-5-3-7-22(18-20)26-10-1-2-11-26/h1-3,5,7-11,17-18H,4,6,12-16H2. The normalized spacial score (nSPS) is 16.1. The average molecular weight is 415 g/mol. The van der Waals surface area contributed by atoms with Crippen molar-refractivity contribution in [3.05, 3.63) is 83.7 Å². The van der Waals surface area contributed by atoms with Crippen LogP contribution in [0.15, 0.2) is 67.0 Å². The number of fused-ring (bicyclic) bond motifs is 1. The van der Waals surface area contributed by atoms with Crippen molar-refractivity contribution in [1.82, 2.24) is 9.47 Å². The van der Waals surface area contributed by atoms with Crippen LogP contribution in [0.2, 0.25) is 0 Å². The fourth-order valence-electron chi connectivity index (χ4n) is 4.35. The van der Waals surface area contributed by atoms with Crippen molar-refractivity contribution in [3.63, 3.8) is 0 Å². The summed E-state index contributed by atoms with van der Waals surface area (Å²) in [7, 11) is 0. The van der Waals surface area contributed by atoms with Crippen molar-refractivity contribution < 1.29 is 14.3 Å². The molecule has 31 heavy (non-hydrogen) atoms. The van der Waals surface area contributed by atoms with Crippen molar-refractivity contribution in [2.45, 2.75) is 12.8 Å². The Hall–Kier alpha value is -3.38. The van der Waals surface area contributed by atoms with E-state index < -0.39 is 0 Å². The summed E-state index contributed by atoms with van der Waals surface area (Å²) in [6.45, 7) is 3.09. The zero-order valence-corrected chi connectivity index (χ0v) is 17.4. The Labute approximate surface area is 181 Å². The summed E-state index contributed by atoms with van der Waals surface area (Å²) in [6.07, 6.45) is 5.68. The Morgan fingerprint density at radius 3 is 2.39 bits per heavy atom. The second-order valence-electron chi connectivity index (χ2n) is 7.95. The van der Waals surface area contributed by atoms with Gasteiger partial charge in [0.25, 0.3) is 11.8 Å². The Bertz CT molecular complexity index is 1100. The van der Waals surface area contributed by atoms with Crippen LogP contribution in [0.3, 0.4) is 0 Å². The van der Waals surface area contributed by atoms with Gasteiger partial charge in [0, 0.05) is 54.5 Å². The van der Waals surface area contributed by atoms with E-state index in [1.54, 1.807) is 0 Å². The number of benzene rings is 2. The molecule has 1 saturated heterocycles. The molecule has 0 saturated carbocycles. The first-order valence-electron chi connectivity index (χ1n) is 10.8. The summed E-state index contributed by atoms with van der Waals surface area (Å²) in [5.74, 6) is 0.0242. The van der Waals surface area contributed by atoms with E-state index in [1.165, 1.54) is 0 Å². The summed E-state index contributed by atoms with van der Waals surface area (Å²) < 4.78 is 7.34. The Kier molecular flexibility index (Phi) is 5.30. The van der Waals surface area contributed by atoms with E-state index in [-0.39, 0.29) is 11.8 Å². The highest BCUT2D eigenvalue weighted by Gasteiger charge is 2.26. The molecule has 158 valence electrons. The number of aromatic nitrogens is 1. The van der Waals surface area contributed by atoms with E-state index in [1.807, 2.05) is 81.4 Å². The third-order valence-corrected chi connectivity index (χ3v) is 5.98. The van der Waals surface area contributed by atoms with Gasteiger partial charge in [-0.2, -0.15) is 0 Å². The minimum atomic E-state index is -0.0118. The largest absolute Gasteiger partial charge is 0.378 e. The molecule has 0 unspecified atom stereocenters. The quantitative estimate of drug-likeness (QED) is 0.658. The maximum Gasteiger partial charge on any atom is 0.258 e. The van der Waals surface area contributed by atoms with E-state index in [4.69, 9.17) is 4.74 Å². The topological polar surface area (TPSA) is 54.8 Å². The number of carbonyl (C=O) groups excluding carboxylic acids is 2. The highest BCUT2D eigenvalue weighted by Crippen LogP contribution is 2.30. The van der Waals surface area contributed by atoms with Crippen molar-refractivity contribution >= 4 is 17.5 Å². The summed E-state index contributed by atoms with van der Waals surface area (Å²) >= 11 is 0. The van der Waals surface area contributed by atoms with Gasteiger partial charge in [-0.3, -0.25) is 9.59 Å². The first-order chi connectivity index (χ1) is 15.2. The van der Waals surface area contributed by atoms with Crippen molar-refractivity contribution in [1.29, 1.82) is 0 Å². The molecular formula is C25H25N3O3. The van der Waals surface area contributed by atoms with Gasteiger partial charge in [-0.25, -0.2) is 0 Å². The van der Waals surface area contributed by atoms with Gasteiger partial charge in [-0.1, -0.05) is 6.07 Å². The molecule has 3 aromatic rings. The van der Waals surface area contributed by atoms with Crippen LogP contribution < -0.4 is 4.90 Å². The lowest BCUT2D eigenvalue weighted by molar-refractivity contribution is 0.0303. The van der Waals surface area contributed by atoms with E-state index in [9.17, 15) is 9.59 Å². The molecule has 2 aromatic carbocycles. The fourth-order valence-corrected chi connectivity index (χ4v) is 4.35. The molecule has 2 aliphatic rings. The lowest BCUT2D eigenvalue weighted by Crippen LogP contribution is -2.41. The minimum absolute atomic E-state index is 0.0118. The second kappa shape index (κ2) is 8.40. The maximum absolute atomic E-state index is 13.4. The highest BCUT2D eigenvalue weighted by molar-refractivity contribution is 6.07. The van der Waals surface area contributed by atoms with Crippen LogP contribution in [0.4, 0.5) is 5.69 Å². The highest BCUT2D eigenvalue weighted by atomic mass is 16.5. The third-order valence-electron chi connectivity index (χ3n) is 5.98. The molecule has 0 bridgehead atoms. The molecule has 0 N–H and O–H groups in total. The fraction of sp³-hybridized carbons (Fsp3) is 0.280. The van der Waals surface area contributed by atoms with Gasteiger partial charge in [-0.05, 0) is 66.9 Å². The first-order valence-corrected chi connectivity index (χ1v) is 10.8. The van der Waals surface area contributed by atoms with Gasteiger partial charge in [-0.15, -0.1) is 0 Å². The molecule has 5 rings (SSSR count). The van der Waals surface area contributed by atoms with E-state index >= 15 is 0 Å². The zero-order chi connectivity index (χ0) is 21.2. The van der Waals surface area contributed by atoms with E-state index in [0.29, 0.717) is 44.0 Å². The molecule has 6 nitrogen and oxygen atoms in total. The lowest BCUT2D eigenvalue weighted by atomic mass is 9.97. The first kappa shape index (κ1) is 19.6. The molecule has 1 fully saturated rings. The van der Waals surface area contributed by atoms with Crippen LogP contribution in [-0.4, -0.2) is 54.1 Å². The van der Waals surface area contributed by atoms with Gasteiger partial charge in [0.1, 0.15) is 0 Å². The molecule has 0 radical (unpaired) electrons. The van der Waals surface area contributed by atoms with Crippen LogP contribution in [0, 0.1) is 0 Å². The number of hydrogen-bond donors (Lipinski definition) is 0. The van der Waals surface area contributed by atoms with Gasteiger partial charge >= 0.3 is 0 Å². The van der Waals surface area contributed by atoms with Crippen LogP contribution in [-0.2, 0) is 11.2 Å². The number of anilines is 1. The number of carbonyl (C=O) groups is 2. The van der Waals surface area contributed by atoms with Gasteiger partial charge < -0.3 is 19.1 Å². The zero-order valence-electron chi connectivity index (χ0n) is 17.4. The number of hydrogen-bond acceptors (Lipinski definition) is 3. The number of rotatable bonds is 3. The average Bonchev–Trinajstić information content (AvgIpc) is 3.38. The van der Waals surface area contributed by atoms with E-state index in [0.717, 1.165) is 29.8 Å². The Morgan fingerprint density at radius 2 is 1.58 bits per heavy atom. The number of aryl methyl sites for hydroxylation is 1. The molecule has 0 atom stereocenters. The van der Waals surface area contributed by atoms with Crippen molar-refractivity contribution in [2.24, 2.45) is 0 Å².